The van der Waals surface area contributed by atoms with E-state index in [9.17, 15) is 4.79 Å². The number of carbonyl (C=O) groups is 1. The molecule has 3 nitrogen and oxygen atoms in total. The molecule has 0 bridgehead atoms. The van der Waals surface area contributed by atoms with E-state index in [1.54, 1.807) is 0 Å². The van der Waals surface area contributed by atoms with Gasteiger partial charge in [-0.25, -0.2) is 0 Å². The maximum absolute atomic E-state index is 12.6. The first-order chi connectivity index (χ1) is 10.1. The van der Waals surface area contributed by atoms with Crippen LogP contribution in [0, 0.1) is 11.8 Å². The molecule has 0 heterocycles. The van der Waals surface area contributed by atoms with Crippen molar-refractivity contribution in [2.75, 3.05) is 6.54 Å². The maximum atomic E-state index is 12.6. The Balaban J connectivity index is 0.00000441. The number of rotatable bonds is 9. The van der Waals surface area contributed by atoms with Gasteiger partial charge in [0.1, 0.15) is 0 Å². The summed E-state index contributed by atoms with van der Waals surface area (Å²) < 4.78 is 0. The maximum Gasteiger partial charge on any atom is 0.223 e. The van der Waals surface area contributed by atoms with Crippen LogP contribution in [0.5, 0.6) is 0 Å². The normalized spacial score (nSPS) is 13.3. The quantitative estimate of drug-likeness (QED) is 0.729. The number of halogens is 1. The Bertz CT molecular complexity index is 409. The highest BCUT2D eigenvalue weighted by Gasteiger charge is 2.24. The van der Waals surface area contributed by atoms with Gasteiger partial charge in [0.2, 0.25) is 5.91 Å². The number of hydrogen-bond donors (Lipinski definition) is 2. The molecule has 0 spiro atoms. The van der Waals surface area contributed by atoms with E-state index in [0.29, 0.717) is 12.5 Å². The molecule has 126 valence electrons. The Labute approximate surface area is 141 Å². The zero-order chi connectivity index (χ0) is 15.7. The lowest BCUT2D eigenvalue weighted by Crippen LogP contribution is -2.44. The second kappa shape index (κ2) is 11.5. The van der Waals surface area contributed by atoms with Crippen LogP contribution >= 0.6 is 12.4 Å². The van der Waals surface area contributed by atoms with Crippen molar-refractivity contribution in [3.8, 4) is 0 Å². The van der Waals surface area contributed by atoms with Gasteiger partial charge in [0, 0.05) is 18.5 Å². The molecule has 2 atom stereocenters. The van der Waals surface area contributed by atoms with Crippen molar-refractivity contribution in [2.45, 2.75) is 52.5 Å². The van der Waals surface area contributed by atoms with E-state index in [4.69, 9.17) is 5.73 Å². The molecule has 0 aliphatic rings. The monoisotopic (exact) mass is 326 g/mol. The molecule has 1 aromatic rings. The smallest absolute Gasteiger partial charge is 0.223 e. The zero-order valence-electron chi connectivity index (χ0n) is 14.0. The van der Waals surface area contributed by atoms with Crippen LogP contribution in [0.25, 0.3) is 0 Å². The SMILES string of the molecule is CCCCC(CN)NC(=O)C(Cc1ccccc1)C(C)C.Cl. The van der Waals surface area contributed by atoms with E-state index in [0.717, 1.165) is 25.7 Å². The van der Waals surface area contributed by atoms with Gasteiger partial charge in [-0.1, -0.05) is 63.9 Å². The first-order valence-electron chi connectivity index (χ1n) is 8.12. The van der Waals surface area contributed by atoms with Gasteiger partial charge in [-0.3, -0.25) is 4.79 Å². The standard InChI is InChI=1S/C18H30N2O.ClH/c1-4-5-11-16(13-19)20-18(21)17(14(2)3)12-15-9-7-6-8-10-15;/h6-10,14,16-17H,4-5,11-13,19H2,1-3H3,(H,20,21);1H. The molecule has 2 unspecified atom stereocenters. The van der Waals surface area contributed by atoms with E-state index in [-0.39, 0.29) is 30.3 Å². The van der Waals surface area contributed by atoms with E-state index < -0.39 is 0 Å². The Hall–Kier alpha value is -1.06. The van der Waals surface area contributed by atoms with E-state index in [1.807, 2.05) is 18.2 Å². The Morgan fingerprint density at radius 3 is 2.36 bits per heavy atom. The largest absolute Gasteiger partial charge is 0.352 e. The molecule has 4 heteroatoms. The van der Waals surface area contributed by atoms with Crippen LogP contribution in [0.15, 0.2) is 30.3 Å². The van der Waals surface area contributed by atoms with Crippen molar-refractivity contribution in [1.29, 1.82) is 0 Å². The average Bonchev–Trinajstić information content (AvgIpc) is 2.49. The molecule has 0 saturated heterocycles. The summed E-state index contributed by atoms with van der Waals surface area (Å²) in [6, 6.07) is 10.3. The van der Waals surface area contributed by atoms with Crippen molar-refractivity contribution < 1.29 is 4.79 Å². The number of unbranched alkanes of at least 4 members (excludes halogenated alkanes) is 1. The topological polar surface area (TPSA) is 55.1 Å². The lowest BCUT2D eigenvalue weighted by Gasteiger charge is -2.24. The third-order valence-corrected chi connectivity index (χ3v) is 3.98. The van der Waals surface area contributed by atoms with E-state index in [2.05, 4.69) is 38.2 Å². The fourth-order valence-electron chi connectivity index (χ4n) is 2.51. The lowest BCUT2D eigenvalue weighted by atomic mass is 9.88. The first kappa shape index (κ1) is 20.9. The predicted molar refractivity (Wildman–Crippen MR) is 96.2 cm³/mol. The number of nitrogens with two attached hydrogens (primary N) is 1. The first-order valence-corrected chi connectivity index (χ1v) is 8.12. The highest BCUT2D eigenvalue weighted by Crippen LogP contribution is 2.18. The number of carbonyl (C=O) groups excluding carboxylic acids is 1. The molecule has 1 aromatic carbocycles. The number of amides is 1. The predicted octanol–water partition coefficient (Wildman–Crippen LogP) is 3.56. The Morgan fingerprint density at radius 1 is 1.23 bits per heavy atom. The van der Waals surface area contributed by atoms with Gasteiger partial charge in [0.15, 0.2) is 0 Å². The van der Waals surface area contributed by atoms with Gasteiger partial charge in [0.25, 0.3) is 0 Å². The van der Waals surface area contributed by atoms with Gasteiger partial charge in [-0.15, -0.1) is 12.4 Å². The number of benzene rings is 1. The summed E-state index contributed by atoms with van der Waals surface area (Å²) in [5.74, 6) is 0.457. The summed E-state index contributed by atoms with van der Waals surface area (Å²) in [7, 11) is 0. The molecule has 0 fully saturated rings. The summed E-state index contributed by atoms with van der Waals surface area (Å²) in [4.78, 5) is 12.6. The summed E-state index contributed by atoms with van der Waals surface area (Å²) in [6.07, 6.45) is 3.99. The van der Waals surface area contributed by atoms with E-state index >= 15 is 0 Å². The summed E-state index contributed by atoms with van der Waals surface area (Å²) >= 11 is 0. The van der Waals surface area contributed by atoms with Crippen molar-refractivity contribution in [3.63, 3.8) is 0 Å². The minimum atomic E-state index is 0. The average molecular weight is 327 g/mol. The molecular weight excluding hydrogens is 296 g/mol. The fraction of sp³-hybridized carbons (Fsp3) is 0.611. The summed E-state index contributed by atoms with van der Waals surface area (Å²) in [5.41, 5.74) is 6.99. The Morgan fingerprint density at radius 2 is 1.86 bits per heavy atom. The van der Waals surface area contributed by atoms with Gasteiger partial charge in [-0.2, -0.15) is 0 Å². The second-order valence-electron chi connectivity index (χ2n) is 6.12. The second-order valence-corrected chi connectivity index (χ2v) is 6.12. The van der Waals surface area contributed by atoms with Crippen molar-refractivity contribution >= 4 is 18.3 Å². The van der Waals surface area contributed by atoms with E-state index in [1.165, 1.54) is 5.56 Å². The Kier molecular flexibility index (Phi) is 10.9. The minimum absolute atomic E-state index is 0. The van der Waals surface area contributed by atoms with Crippen LogP contribution in [-0.4, -0.2) is 18.5 Å². The molecule has 22 heavy (non-hydrogen) atoms. The molecule has 0 aliphatic carbocycles. The van der Waals surface area contributed by atoms with Crippen LogP contribution in [-0.2, 0) is 11.2 Å². The van der Waals surface area contributed by atoms with Crippen LogP contribution < -0.4 is 11.1 Å². The molecular formula is C18H31ClN2O. The molecule has 0 aromatic heterocycles. The van der Waals surface area contributed by atoms with Gasteiger partial charge in [-0.05, 0) is 24.3 Å². The highest BCUT2D eigenvalue weighted by atomic mass is 35.5. The molecule has 3 N–H and O–H groups in total. The van der Waals surface area contributed by atoms with Crippen LogP contribution in [0.1, 0.15) is 45.6 Å². The van der Waals surface area contributed by atoms with Crippen LogP contribution in [0.2, 0.25) is 0 Å². The van der Waals surface area contributed by atoms with Crippen LogP contribution in [0.3, 0.4) is 0 Å². The number of hydrogen-bond acceptors (Lipinski definition) is 2. The molecule has 1 rings (SSSR count). The van der Waals surface area contributed by atoms with Crippen molar-refractivity contribution in [2.24, 2.45) is 17.6 Å². The molecule has 0 radical (unpaired) electrons. The minimum Gasteiger partial charge on any atom is -0.352 e. The van der Waals surface area contributed by atoms with Gasteiger partial charge < -0.3 is 11.1 Å². The van der Waals surface area contributed by atoms with Crippen LogP contribution in [0.4, 0.5) is 0 Å². The van der Waals surface area contributed by atoms with Crippen molar-refractivity contribution in [3.05, 3.63) is 35.9 Å². The molecule has 1 amide bonds. The number of nitrogens with one attached hydrogen (secondary N) is 1. The molecule has 0 aliphatic heterocycles. The molecule has 0 saturated carbocycles. The fourth-order valence-corrected chi connectivity index (χ4v) is 2.51. The third kappa shape index (κ3) is 7.28. The third-order valence-electron chi connectivity index (χ3n) is 3.98. The zero-order valence-corrected chi connectivity index (χ0v) is 14.9. The van der Waals surface area contributed by atoms with Crippen molar-refractivity contribution in [1.82, 2.24) is 5.32 Å². The van der Waals surface area contributed by atoms with Gasteiger partial charge in [0.05, 0.1) is 0 Å². The highest BCUT2D eigenvalue weighted by molar-refractivity contribution is 5.85. The summed E-state index contributed by atoms with van der Waals surface area (Å²) in [5, 5.41) is 3.14. The lowest BCUT2D eigenvalue weighted by molar-refractivity contribution is -0.127. The van der Waals surface area contributed by atoms with Gasteiger partial charge >= 0.3 is 0 Å². The summed E-state index contributed by atoms with van der Waals surface area (Å²) in [6.45, 7) is 6.89.